The van der Waals surface area contributed by atoms with Gasteiger partial charge in [0, 0.05) is 11.4 Å². The molecule has 2 aromatic rings. The first-order valence-corrected chi connectivity index (χ1v) is 11.2. The average molecular weight is 428 g/mol. The fourth-order valence-corrected chi connectivity index (χ4v) is 4.29. The lowest BCUT2D eigenvalue weighted by Gasteiger charge is -2.29. The fourth-order valence-electron chi connectivity index (χ4n) is 3.48. The Balaban J connectivity index is 2.16. The summed E-state index contributed by atoms with van der Waals surface area (Å²) in [6, 6.07) is 7.85. The molecule has 0 bridgehead atoms. The van der Waals surface area contributed by atoms with Crippen LogP contribution in [-0.4, -0.2) is 27.8 Å². The topological polar surface area (TPSA) is 84.1 Å². The van der Waals surface area contributed by atoms with Crippen LogP contribution in [0.25, 0.3) is 0 Å². The number of benzene rings is 1. The van der Waals surface area contributed by atoms with Gasteiger partial charge in [0.05, 0.1) is 23.2 Å². The number of carbonyl (C=O) groups excluding carboxylic acids is 1. The number of aryl methyl sites for hydroxylation is 1. The molecule has 0 amide bonds. The number of fused-ring (bicyclic) bond motifs is 1. The molecule has 0 saturated carbocycles. The third-order valence-electron chi connectivity index (χ3n) is 4.71. The van der Waals surface area contributed by atoms with Crippen LogP contribution in [0.2, 0.25) is 0 Å². The maximum atomic E-state index is 13.2. The van der Waals surface area contributed by atoms with Crippen molar-refractivity contribution >= 4 is 23.5 Å². The van der Waals surface area contributed by atoms with Crippen LogP contribution < -0.4 is 10.9 Å². The lowest BCUT2D eigenvalue weighted by Crippen LogP contribution is -2.32. The zero-order valence-corrected chi connectivity index (χ0v) is 19.1. The molecule has 30 heavy (non-hydrogen) atoms. The van der Waals surface area contributed by atoms with Crippen molar-refractivity contribution in [2.24, 2.45) is 5.92 Å². The summed E-state index contributed by atoms with van der Waals surface area (Å²) in [4.78, 5) is 33.7. The molecule has 3 rings (SSSR count). The highest BCUT2D eigenvalue weighted by molar-refractivity contribution is 7.99. The number of carbonyl (C=O) groups is 1. The number of thioether (sulfide) groups is 1. The van der Waals surface area contributed by atoms with E-state index in [4.69, 9.17) is 4.74 Å². The van der Waals surface area contributed by atoms with Gasteiger partial charge < -0.3 is 15.0 Å². The SMILES string of the molecule is CC1=C(C(=O)OC(C)C)[C@H](c2cccc(C)c2)c2c(nc(SCC(C)C)[nH]c2=O)N1. The number of esters is 1. The fraction of sp³-hybridized carbons (Fsp3) is 0.435. The number of nitrogens with one attached hydrogen (secondary N) is 2. The van der Waals surface area contributed by atoms with Gasteiger partial charge in [-0.2, -0.15) is 0 Å². The summed E-state index contributed by atoms with van der Waals surface area (Å²) in [5.41, 5.74) is 3.20. The van der Waals surface area contributed by atoms with E-state index in [0.717, 1.165) is 16.9 Å². The highest BCUT2D eigenvalue weighted by Gasteiger charge is 2.36. The minimum absolute atomic E-state index is 0.243. The molecule has 2 N–H and O–H groups in total. The molecule has 0 saturated heterocycles. The summed E-state index contributed by atoms with van der Waals surface area (Å²) in [6.07, 6.45) is -0.261. The molecule has 0 unspecified atom stereocenters. The van der Waals surface area contributed by atoms with Crippen LogP contribution in [0, 0.1) is 12.8 Å². The Labute approximate surface area is 181 Å². The number of ether oxygens (including phenoxy) is 1. The molecular formula is C23H29N3O3S. The largest absolute Gasteiger partial charge is 0.460 e. The second-order valence-corrected chi connectivity index (χ2v) is 9.31. The number of nitrogens with zero attached hydrogens (tertiary/aromatic N) is 1. The molecule has 1 aliphatic rings. The standard InChI is InChI=1S/C23H29N3O3S/c1-12(2)11-30-23-25-20-19(21(27)26-23)18(16-9-7-8-14(5)10-16)17(15(6)24-20)22(28)29-13(3)4/h7-10,12-13,18H,11H2,1-6H3,(H2,24,25,26,27)/t18-/m0/s1. The maximum Gasteiger partial charge on any atom is 0.337 e. The molecule has 7 heteroatoms. The van der Waals surface area contributed by atoms with Crippen LogP contribution in [0.1, 0.15) is 57.2 Å². The van der Waals surface area contributed by atoms with Gasteiger partial charge in [-0.3, -0.25) is 4.79 Å². The third kappa shape index (κ3) is 4.78. The predicted molar refractivity (Wildman–Crippen MR) is 121 cm³/mol. The second-order valence-electron chi connectivity index (χ2n) is 8.30. The van der Waals surface area contributed by atoms with E-state index in [1.165, 1.54) is 11.8 Å². The van der Waals surface area contributed by atoms with Crippen molar-refractivity contribution in [2.75, 3.05) is 11.1 Å². The van der Waals surface area contributed by atoms with Crippen LogP contribution in [0.3, 0.4) is 0 Å². The van der Waals surface area contributed by atoms with Gasteiger partial charge in [0.2, 0.25) is 0 Å². The molecule has 1 atom stereocenters. The summed E-state index contributed by atoms with van der Waals surface area (Å²) in [7, 11) is 0. The lowest BCUT2D eigenvalue weighted by atomic mass is 9.82. The molecule has 1 aliphatic heterocycles. The number of aromatic amines is 1. The van der Waals surface area contributed by atoms with Gasteiger partial charge in [0.1, 0.15) is 5.82 Å². The zero-order chi connectivity index (χ0) is 22.0. The first-order valence-electron chi connectivity index (χ1n) is 10.2. The summed E-state index contributed by atoms with van der Waals surface area (Å²) in [5, 5.41) is 3.75. The van der Waals surface area contributed by atoms with Crippen molar-refractivity contribution in [1.29, 1.82) is 0 Å². The predicted octanol–water partition coefficient (Wildman–Crippen LogP) is 4.61. The number of anilines is 1. The van der Waals surface area contributed by atoms with Crippen LogP contribution >= 0.6 is 11.8 Å². The Hall–Kier alpha value is -2.54. The van der Waals surface area contributed by atoms with E-state index < -0.39 is 11.9 Å². The quantitative estimate of drug-likeness (QED) is 0.398. The Morgan fingerprint density at radius 3 is 2.60 bits per heavy atom. The van der Waals surface area contributed by atoms with Crippen LogP contribution in [-0.2, 0) is 9.53 Å². The third-order valence-corrected chi connectivity index (χ3v) is 6.01. The minimum Gasteiger partial charge on any atom is -0.460 e. The number of hydrogen-bond donors (Lipinski definition) is 2. The van der Waals surface area contributed by atoms with Gasteiger partial charge in [-0.15, -0.1) is 0 Å². The van der Waals surface area contributed by atoms with Gasteiger partial charge in [-0.1, -0.05) is 55.4 Å². The molecule has 0 fully saturated rings. The number of hydrogen-bond acceptors (Lipinski definition) is 6. The molecule has 1 aromatic carbocycles. The van der Waals surface area contributed by atoms with Crippen molar-refractivity contribution in [1.82, 2.24) is 9.97 Å². The van der Waals surface area contributed by atoms with E-state index >= 15 is 0 Å². The van der Waals surface area contributed by atoms with Gasteiger partial charge in [0.25, 0.3) is 5.56 Å². The Bertz CT molecular complexity index is 1040. The van der Waals surface area contributed by atoms with Crippen molar-refractivity contribution in [2.45, 2.75) is 58.7 Å². The first-order chi connectivity index (χ1) is 14.2. The monoisotopic (exact) mass is 427 g/mol. The molecule has 6 nitrogen and oxygen atoms in total. The minimum atomic E-state index is -0.548. The number of rotatable bonds is 6. The van der Waals surface area contributed by atoms with Gasteiger partial charge >= 0.3 is 5.97 Å². The van der Waals surface area contributed by atoms with Crippen molar-refractivity contribution in [3.05, 3.63) is 62.6 Å². The smallest absolute Gasteiger partial charge is 0.337 e. The Morgan fingerprint density at radius 2 is 1.97 bits per heavy atom. The highest BCUT2D eigenvalue weighted by Crippen LogP contribution is 2.40. The summed E-state index contributed by atoms with van der Waals surface area (Å²) in [6.45, 7) is 11.7. The van der Waals surface area contributed by atoms with E-state index in [2.05, 4.69) is 29.1 Å². The summed E-state index contributed by atoms with van der Waals surface area (Å²) >= 11 is 1.52. The van der Waals surface area contributed by atoms with Crippen molar-refractivity contribution < 1.29 is 9.53 Å². The van der Waals surface area contributed by atoms with Gasteiger partial charge in [0.15, 0.2) is 5.16 Å². The lowest BCUT2D eigenvalue weighted by molar-refractivity contribution is -0.143. The highest BCUT2D eigenvalue weighted by atomic mass is 32.2. The summed E-state index contributed by atoms with van der Waals surface area (Å²) < 4.78 is 5.51. The normalized spacial score (nSPS) is 15.9. The maximum absolute atomic E-state index is 13.2. The van der Waals surface area contributed by atoms with E-state index in [1.807, 2.05) is 52.0 Å². The second kappa shape index (κ2) is 9.08. The first kappa shape index (κ1) is 22.2. The molecule has 0 aliphatic carbocycles. The van der Waals surface area contributed by atoms with Crippen LogP contribution in [0.15, 0.2) is 45.5 Å². The average Bonchev–Trinajstić information content (AvgIpc) is 2.64. The number of aromatic nitrogens is 2. The van der Waals surface area contributed by atoms with E-state index in [-0.39, 0.29) is 11.7 Å². The molecule has 0 radical (unpaired) electrons. The number of allylic oxidation sites excluding steroid dienone is 1. The Morgan fingerprint density at radius 1 is 1.23 bits per heavy atom. The van der Waals surface area contributed by atoms with E-state index in [0.29, 0.717) is 33.7 Å². The van der Waals surface area contributed by atoms with Gasteiger partial charge in [-0.05, 0) is 39.2 Å². The molecular weight excluding hydrogens is 398 g/mol. The van der Waals surface area contributed by atoms with Crippen LogP contribution in [0.5, 0.6) is 0 Å². The molecule has 2 heterocycles. The van der Waals surface area contributed by atoms with E-state index in [9.17, 15) is 9.59 Å². The van der Waals surface area contributed by atoms with Crippen LogP contribution in [0.4, 0.5) is 5.82 Å². The Kier molecular flexibility index (Phi) is 6.71. The van der Waals surface area contributed by atoms with Crippen molar-refractivity contribution in [3.8, 4) is 0 Å². The number of H-pyrrole nitrogens is 1. The zero-order valence-electron chi connectivity index (χ0n) is 18.3. The molecule has 160 valence electrons. The molecule has 0 spiro atoms. The molecule has 1 aromatic heterocycles. The van der Waals surface area contributed by atoms with Gasteiger partial charge in [-0.25, -0.2) is 9.78 Å². The summed E-state index contributed by atoms with van der Waals surface area (Å²) in [5.74, 6) is 0.847. The van der Waals surface area contributed by atoms with Crippen molar-refractivity contribution in [3.63, 3.8) is 0 Å². The van der Waals surface area contributed by atoms with E-state index in [1.54, 1.807) is 0 Å².